The van der Waals surface area contributed by atoms with E-state index in [1.54, 1.807) is 0 Å². The Balaban J connectivity index is 1.52. The van der Waals surface area contributed by atoms with Crippen molar-refractivity contribution in [2.24, 2.45) is 4.99 Å². The van der Waals surface area contributed by atoms with E-state index >= 15 is 0 Å². The molecule has 0 aliphatic carbocycles. The zero-order valence-corrected chi connectivity index (χ0v) is 17.2. The summed E-state index contributed by atoms with van der Waals surface area (Å²) >= 11 is 0. The van der Waals surface area contributed by atoms with Crippen LogP contribution in [0.4, 0.5) is 11.6 Å². The maximum atomic E-state index is 5.54. The van der Waals surface area contributed by atoms with E-state index in [-0.39, 0.29) is 0 Å². The summed E-state index contributed by atoms with van der Waals surface area (Å²) in [4.78, 5) is 19.1. The number of aromatic nitrogens is 4. The fourth-order valence-corrected chi connectivity index (χ4v) is 4.66. The Morgan fingerprint density at radius 1 is 1.10 bits per heavy atom. The van der Waals surface area contributed by atoms with Gasteiger partial charge in [0.1, 0.15) is 0 Å². The van der Waals surface area contributed by atoms with Crippen molar-refractivity contribution in [1.82, 2.24) is 24.6 Å². The summed E-state index contributed by atoms with van der Waals surface area (Å²) in [6, 6.07) is 6.80. The summed E-state index contributed by atoms with van der Waals surface area (Å²) in [5.41, 5.74) is 5.23. The van der Waals surface area contributed by atoms with Crippen LogP contribution in [0.1, 0.15) is 18.0 Å². The molecule has 0 amide bonds. The number of morpholine rings is 1. The molecule has 5 heterocycles. The highest BCUT2D eigenvalue weighted by atomic mass is 16.5. The molecule has 3 aliphatic rings. The van der Waals surface area contributed by atoms with E-state index < -0.39 is 0 Å². The quantitative estimate of drug-likeness (QED) is 0.669. The van der Waals surface area contributed by atoms with Gasteiger partial charge in [-0.1, -0.05) is 12.1 Å². The third-order valence-electron chi connectivity index (χ3n) is 6.35. The average molecular weight is 403 g/mol. The highest BCUT2D eigenvalue weighted by Crippen LogP contribution is 2.35. The van der Waals surface area contributed by atoms with Crippen LogP contribution in [0.2, 0.25) is 0 Å². The number of aliphatic imine (C=N–C) groups is 1. The summed E-state index contributed by atoms with van der Waals surface area (Å²) in [6.45, 7) is 5.10. The average Bonchev–Trinajstić information content (AvgIpc) is 3.52. The third kappa shape index (κ3) is 2.98. The van der Waals surface area contributed by atoms with Crippen molar-refractivity contribution in [3.8, 4) is 11.3 Å². The summed E-state index contributed by atoms with van der Waals surface area (Å²) in [6.07, 6.45) is 5.90. The lowest BCUT2D eigenvalue weighted by Crippen LogP contribution is -2.37. The maximum absolute atomic E-state index is 5.54. The van der Waals surface area contributed by atoms with Crippen molar-refractivity contribution in [1.29, 1.82) is 0 Å². The fraction of sp³-hybridized carbons (Fsp3) is 0.455. The van der Waals surface area contributed by atoms with Crippen LogP contribution in [0.3, 0.4) is 0 Å². The molecule has 0 N–H and O–H groups in total. The van der Waals surface area contributed by atoms with Gasteiger partial charge in [-0.25, -0.2) is 9.67 Å². The van der Waals surface area contributed by atoms with E-state index in [1.165, 1.54) is 5.56 Å². The highest BCUT2D eigenvalue weighted by molar-refractivity contribution is 5.92. The lowest BCUT2D eigenvalue weighted by molar-refractivity contribution is 0.122. The molecule has 0 spiro atoms. The molecule has 2 fully saturated rings. The molecule has 154 valence electrons. The number of benzene rings is 1. The van der Waals surface area contributed by atoms with Crippen LogP contribution in [0, 0.1) is 0 Å². The molecule has 2 saturated heterocycles. The number of nitrogens with zero attached hydrogens (tertiary/aromatic N) is 7. The minimum Gasteiger partial charge on any atom is -0.378 e. The molecule has 0 radical (unpaired) electrons. The van der Waals surface area contributed by atoms with E-state index in [0.29, 0.717) is 19.3 Å². The summed E-state index contributed by atoms with van der Waals surface area (Å²) < 4.78 is 7.65. The normalized spacial score (nSPS) is 21.6. The van der Waals surface area contributed by atoms with Crippen LogP contribution in [-0.2, 0) is 11.2 Å². The fourth-order valence-electron chi connectivity index (χ4n) is 4.66. The van der Waals surface area contributed by atoms with Gasteiger partial charge in [0.05, 0.1) is 42.2 Å². The molecule has 3 aliphatic heterocycles. The molecule has 8 nitrogen and oxygen atoms in total. The van der Waals surface area contributed by atoms with Crippen molar-refractivity contribution in [2.45, 2.75) is 18.9 Å². The van der Waals surface area contributed by atoms with Crippen LogP contribution in [0.5, 0.6) is 0 Å². The van der Waals surface area contributed by atoms with Crippen molar-refractivity contribution >= 4 is 28.9 Å². The number of rotatable bonds is 3. The van der Waals surface area contributed by atoms with Crippen molar-refractivity contribution in [3.05, 3.63) is 30.0 Å². The zero-order valence-electron chi connectivity index (χ0n) is 17.2. The van der Waals surface area contributed by atoms with Crippen molar-refractivity contribution in [2.75, 3.05) is 51.3 Å². The molecule has 3 aromatic rings. The summed E-state index contributed by atoms with van der Waals surface area (Å²) in [5, 5.41) is 5.77. The molecule has 8 heteroatoms. The lowest BCUT2D eigenvalue weighted by Gasteiger charge is -2.27. The molecular weight excluding hydrogens is 378 g/mol. The number of fused-ring (bicyclic) bond motifs is 2. The van der Waals surface area contributed by atoms with Crippen molar-refractivity contribution < 1.29 is 4.74 Å². The number of ether oxygens (including phenoxy) is 1. The summed E-state index contributed by atoms with van der Waals surface area (Å²) in [7, 11) is 2.16. The van der Waals surface area contributed by atoms with Gasteiger partial charge in [-0.3, -0.25) is 4.99 Å². The van der Waals surface area contributed by atoms with Crippen LogP contribution in [-0.4, -0.2) is 77.3 Å². The van der Waals surface area contributed by atoms with Gasteiger partial charge in [0.15, 0.2) is 5.65 Å². The molecular formula is C22H25N7O. The molecule has 2 aromatic heterocycles. The SMILES string of the molecule is CN1CCC(n2ncc3c(-c4ccc5c(c4)N=CC5)nc(N4CCOCC4)nc32)C1. The Bertz CT molecular complexity index is 1130. The largest absolute Gasteiger partial charge is 0.378 e. The van der Waals surface area contributed by atoms with Crippen LogP contribution < -0.4 is 4.90 Å². The van der Waals surface area contributed by atoms with Crippen LogP contribution in [0.15, 0.2) is 29.4 Å². The first-order chi connectivity index (χ1) is 14.8. The number of hydrogen-bond donors (Lipinski definition) is 0. The first kappa shape index (κ1) is 18.0. The van der Waals surface area contributed by atoms with Gasteiger partial charge < -0.3 is 14.5 Å². The molecule has 1 aromatic carbocycles. The van der Waals surface area contributed by atoms with E-state index in [2.05, 4.69) is 44.7 Å². The molecule has 1 atom stereocenters. The smallest absolute Gasteiger partial charge is 0.228 e. The van der Waals surface area contributed by atoms with Gasteiger partial charge in [-0.15, -0.1) is 0 Å². The Morgan fingerprint density at radius 2 is 2.00 bits per heavy atom. The van der Waals surface area contributed by atoms with Gasteiger partial charge in [0.25, 0.3) is 0 Å². The third-order valence-corrected chi connectivity index (χ3v) is 6.35. The lowest BCUT2D eigenvalue weighted by atomic mass is 10.0. The monoisotopic (exact) mass is 403 g/mol. The van der Waals surface area contributed by atoms with E-state index in [1.807, 2.05) is 12.4 Å². The molecule has 0 bridgehead atoms. The first-order valence-electron chi connectivity index (χ1n) is 10.7. The minimum atomic E-state index is 0.345. The summed E-state index contributed by atoms with van der Waals surface area (Å²) in [5.74, 6) is 0.762. The molecule has 0 saturated carbocycles. The Morgan fingerprint density at radius 3 is 2.83 bits per heavy atom. The Hall–Kier alpha value is -2.84. The number of anilines is 1. The van der Waals surface area contributed by atoms with Gasteiger partial charge in [0.2, 0.25) is 5.95 Å². The van der Waals surface area contributed by atoms with Crippen molar-refractivity contribution in [3.63, 3.8) is 0 Å². The number of hydrogen-bond acceptors (Lipinski definition) is 7. The standard InChI is InChI=1S/C22H25N7O/c1-27-7-5-17(14-27)29-21-18(13-24-29)20(16-3-2-15-4-6-23-19(15)12-16)25-22(26-21)28-8-10-30-11-9-28/h2-3,6,12-13,17H,4-5,7-11,14H2,1H3. The number of likely N-dealkylation sites (N-methyl/N-ethyl adjacent to an activating group) is 1. The second-order valence-electron chi connectivity index (χ2n) is 8.36. The Labute approximate surface area is 175 Å². The predicted octanol–water partition coefficient (Wildman–Crippen LogP) is 2.46. The van der Waals surface area contributed by atoms with Gasteiger partial charge in [0, 0.05) is 44.4 Å². The van der Waals surface area contributed by atoms with Crippen LogP contribution in [0.25, 0.3) is 22.3 Å². The zero-order chi connectivity index (χ0) is 20.1. The van der Waals surface area contributed by atoms with E-state index in [0.717, 1.165) is 72.9 Å². The minimum absolute atomic E-state index is 0.345. The van der Waals surface area contributed by atoms with E-state index in [9.17, 15) is 0 Å². The first-order valence-corrected chi connectivity index (χ1v) is 10.7. The van der Waals surface area contributed by atoms with E-state index in [4.69, 9.17) is 19.8 Å². The maximum Gasteiger partial charge on any atom is 0.228 e. The second-order valence-corrected chi connectivity index (χ2v) is 8.36. The second kappa shape index (κ2) is 7.14. The highest BCUT2D eigenvalue weighted by Gasteiger charge is 2.26. The molecule has 30 heavy (non-hydrogen) atoms. The Kier molecular flexibility index (Phi) is 4.28. The molecule has 1 unspecified atom stereocenters. The van der Waals surface area contributed by atoms with Crippen LogP contribution >= 0.6 is 0 Å². The van der Waals surface area contributed by atoms with Gasteiger partial charge >= 0.3 is 0 Å². The van der Waals surface area contributed by atoms with Gasteiger partial charge in [-0.05, 0) is 25.1 Å². The topological polar surface area (TPSA) is 71.7 Å². The molecule has 6 rings (SSSR count). The predicted molar refractivity (Wildman–Crippen MR) is 117 cm³/mol. The van der Waals surface area contributed by atoms with Gasteiger partial charge in [-0.2, -0.15) is 10.1 Å². The number of likely N-dealkylation sites (tertiary alicyclic amines) is 1.